The fourth-order valence-electron chi connectivity index (χ4n) is 2.25. The first-order chi connectivity index (χ1) is 9.04. The van der Waals surface area contributed by atoms with Gasteiger partial charge >= 0.3 is 5.97 Å². The van der Waals surface area contributed by atoms with Crippen LogP contribution in [0, 0.1) is 0 Å². The van der Waals surface area contributed by atoms with Crippen molar-refractivity contribution in [2.75, 3.05) is 31.3 Å². The second kappa shape index (κ2) is 5.48. The molecule has 1 aromatic rings. The highest BCUT2D eigenvalue weighted by atomic mass is 16.5. The van der Waals surface area contributed by atoms with Crippen LogP contribution in [0.25, 0.3) is 0 Å². The Kier molecular flexibility index (Phi) is 3.95. The van der Waals surface area contributed by atoms with Gasteiger partial charge in [-0.05, 0) is 38.0 Å². The SMILES string of the molecule is COC(=O)c1cc(N)ccc1NCC1(C)CCCO1. The van der Waals surface area contributed by atoms with E-state index in [0.29, 0.717) is 17.8 Å². The molecule has 2 rings (SSSR count). The van der Waals surface area contributed by atoms with Crippen LogP contribution in [-0.4, -0.2) is 31.8 Å². The summed E-state index contributed by atoms with van der Waals surface area (Å²) in [7, 11) is 1.36. The number of ether oxygens (including phenoxy) is 2. The summed E-state index contributed by atoms with van der Waals surface area (Å²) in [5.41, 5.74) is 7.24. The van der Waals surface area contributed by atoms with E-state index in [9.17, 15) is 4.79 Å². The molecule has 104 valence electrons. The lowest BCUT2D eigenvalue weighted by Gasteiger charge is -2.24. The zero-order chi connectivity index (χ0) is 13.9. The lowest BCUT2D eigenvalue weighted by Crippen LogP contribution is -2.33. The molecule has 1 unspecified atom stereocenters. The third kappa shape index (κ3) is 3.17. The topological polar surface area (TPSA) is 73.6 Å². The predicted molar refractivity (Wildman–Crippen MR) is 74.3 cm³/mol. The number of rotatable bonds is 4. The molecular formula is C14H20N2O3. The van der Waals surface area contributed by atoms with Gasteiger partial charge in [0.25, 0.3) is 0 Å². The van der Waals surface area contributed by atoms with Crippen molar-refractivity contribution in [1.82, 2.24) is 0 Å². The molecule has 19 heavy (non-hydrogen) atoms. The van der Waals surface area contributed by atoms with Gasteiger partial charge in [0, 0.05) is 24.5 Å². The van der Waals surface area contributed by atoms with Crippen LogP contribution in [0.15, 0.2) is 18.2 Å². The fourth-order valence-corrected chi connectivity index (χ4v) is 2.25. The zero-order valence-electron chi connectivity index (χ0n) is 11.4. The zero-order valence-corrected chi connectivity index (χ0v) is 11.4. The Balaban J connectivity index is 2.13. The van der Waals surface area contributed by atoms with Crippen molar-refractivity contribution < 1.29 is 14.3 Å². The number of nitrogens with two attached hydrogens (primary N) is 1. The van der Waals surface area contributed by atoms with Gasteiger partial charge in [-0.2, -0.15) is 0 Å². The van der Waals surface area contributed by atoms with Crippen molar-refractivity contribution >= 4 is 17.3 Å². The van der Waals surface area contributed by atoms with Crippen LogP contribution in [0.5, 0.6) is 0 Å². The molecule has 1 heterocycles. The van der Waals surface area contributed by atoms with E-state index in [4.69, 9.17) is 15.2 Å². The van der Waals surface area contributed by atoms with Crippen LogP contribution in [0.4, 0.5) is 11.4 Å². The monoisotopic (exact) mass is 264 g/mol. The van der Waals surface area contributed by atoms with Gasteiger partial charge in [0.05, 0.1) is 18.3 Å². The molecule has 0 bridgehead atoms. The molecule has 0 aliphatic carbocycles. The quantitative estimate of drug-likeness (QED) is 0.643. The average molecular weight is 264 g/mol. The molecule has 0 radical (unpaired) electrons. The van der Waals surface area contributed by atoms with Gasteiger partial charge in [-0.1, -0.05) is 0 Å². The summed E-state index contributed by atoms with van der Waals surface area (Å²) in [6.07, 6.45) is 2.09. The summed E-state index contributed by atoms with van der Waals surface area (Å²) in [5.74, 6) is -0.396. The summed E-state index contributed by atoms with van der Waals surface area (Å²) < 4.78 is 10.5. The van der Waals surface area contributed by atoms with Crippen molar-refractivity contribution in [2.24, 2.45) is 0 Å². The largest absolute Gasteiger partial charge is 0.465 e. The molecule has 1 aromatic carbocycles. The van der Waals surface area contributed by atoms with E-state index >= 15 is 0 Å². The molecule has 0 spiro atoms. The third-order valence-electron chi connectivity index (χ3n) is 3.40. The van der Waals surface area contributed by atoms with E-state index < -0.39 is 5.97 Å². The van der Waals surface area contributed by atoms with Crippen molar-refractivity contribution in [1.29, 1.82) is 0 Å². The van der Waals surface area contributed by atoms with Crippen molar-refractivity contribution in [3.05, 3.63) is 23.8 Å². The number of anilines is 2. The smallest absolute Gasteiger partial charge is 0.340 e. The molecule has 1 aliphatic heterocycles. The number of carbonyl (C=O) groups is 1. The summed E-state index contributed by atoms with van der Waals surface area (Å²) in [6.45, 7) is 3.52. The van der Waals surface area contributed by atoms with Crippen LogP contribution in [0.2, 0.25) is 0 Å². The number of nitrogen functional groups attached to an aromatic ring is 1. The molecule has 0 amide bonds. The maximum Gasteiger partial charge on any atom is 0.340 e. The molecule has 1 atom stereocenters. The van der Waals surface area contributed by atoms with Crippen LogP contribution < -0.4 is 11.1 Å². The average Bonchev–Trinajstić information content (AvgIpc) is 2.83. The van der Waals surface area contributed by atoms with Gasteiger partial charge < -0.3 is 20.5 Å². The van der Waals surface area contributed by atoms with Crippen molar-refractivity contribution in [3.8, 4) is 0 Å². The molecule has 0 aromatic heterocycles. The Morgan fingerprint density at radius 2 is 2.37 bits per heavy atom. The number of methoxy groups -OCH3 is 1. The van der Waals surface area contributed by atoms with E-state index in [1.54, 1.807) is 18.2 Å². The van der Waals surface area contributed by atoms with Crippen LogP contribution in [-0.2, 0) is 9.47 Å². The number of nitrogens with one attached hydrogen (secondary N) is 1. The Morgan fingerprint density at radius 1 is 1.58 bits per heavy atom. The number of carbonyl (C=O) groups excluding carboxylic acids is 1. The number of hydrogen-bond acceptors (Lipinski definition) is 5. The maximum absolute atomic E-state index is 11.7. The first kappa shape index (κ1) is 13.7. The molecule has 5 heteroatoms. The molecule has 1 aliphatic rings. The summed E-state index contributed by atoms with van der Waals surface area (Å²) in [4.78, 5) is 11.7. The number of esters is 1. The molecule has 1 fully saturated rings. The Morgan fingerprint density at radius 3 is 3.00 bits per heavy atom. The van der Waals surface area contributed by atoms with Crippen molar-refractivity contribution in [3.63, 3.8) is 0 Å². The van der Waals surface area contributed by atoms with Crippen molar-refractivity contribution in [2.45, 2.75) is 25.4 Å². The minimum absolute atomic E-state index is 0.172. The first-order valence-electron chi connectivity index (χ1n) is 6.40. The standard InChI is InChI=1S/C14H20N2O3/c1-14(6-3-7-19-14)9-16-12-5-4-10(15)8-11(12)13(17)18-2/h4-5,8,16H,3,6-7,9,15H2,1-2H3. The highest BCUT2D eigenvalue weighted by Gasteiger charge is 2.29. The molecule has 3 N–H and O–H groups in total. The summed E-state index contributed by atoms with van der Waals surface area (Å²) in [6, 6.07) is 5.17. The van der Waals surface area contributed by atoms with Crippen LogP contribution >= 0.6 is 0 Å². The van der Waals surface area contributed by atoms with E-state index in [1.807, 2.05) is 0 Å². The highest BCUT2D eigenvalue weighted by molar-refractivity contribution is 5.96. The van der Waals surface area contributed by atoms with Gasteiger partial charge in [0.2, 0.25) is 0 Å². The van der Waals surface area contributed by atoms with E-state index in [2.05, 4.69) is 12.2 Å². The third-order valence-corrected chi connectivity index (χ3v) is 3.40. The highest BCUT2D eigenvalue weighted by Crippen LogP contribution is 2.27. The Hall–Kier alpha value is -1.75. The van der Waals surface area contributed by atoms with E-state index in [0.717, 1.165) is 25.1 Å². The molecule has 1 saturated heterocycles. The van der Waals surface area contributed by atoms with Gasteiger partial charge in [-0.25, -0.2) is 4.79 Å². The first-order valence-corrected chi connectivity index (χ1v) is 6.40. The molecule has 0 saturated carbocycles. The molecular weight excluding hydrogens is 244 g/mol. The predicted octanol–water partition coefficient (Wildman–Crippen LogP) is 2.04. The maximum atomic E-state index is 11.7. The van der Waals surface area contributed by atoms with E-state index in [-0.39, 0.29) is 5.60 Å². The second-order valence-corrected chi connectivity index (χ2v) is 5.05. The summed E-state index contributed by atoms with van der Waals surface area (Å²) in [5, 5.41) is 3.26. The lowest BCUT2D eigenvalue weighted by molar-refractivity contribution is 0.0314. The van der Waals surface area contributed by atoms with Gasteiger partial charge in [-0.15, -0.1) is 0 Å². The number of benzene rings is 1. The Bertz CT molecular complexity index is 468. The minimum atomic E-state index is -0.396. The van der Waals surface area contributed by atoms with Crippen LogP contribution in [0.3, 0.4) is 0 Å². The van der Waals surface area contributed by atoms with Gasteiger partial charge in [-0.3, -0.25) is 0 Å². The van der Waals surface area contributed by atoms with E-state index in [1.165, 1.54) is 7.11 Å². The van der Waals surface area contributed by atoms with Crippen LogP contribution in [0.1, 0.15) is 30.1 Å². The lowest BCUT2D eigenvalue weighted by atomic mass is 10.0. The normalized spacial score (nSPS) is 22.2. The van der Waals surface area contributed by atoms with Gasteiger partial charge in [0.15, 0.2) is 0 Å². The molecule has 5 nitrogen and oxygen atoms in total. The fraction of sp³-hybridized carbons (Fsp3) is 0.500. The van der Waals surface area contributed by atoms with Gasteiger partial charge in [0.1, 0.15) is 0 Å². The number of hydrogen-bond donors (Lipinski definition) is 2. The Labute approximate surface area is 113 Å². The second-order valence-electron chi connectivity index (χ2n) is 5.05. The minimum Gasteiger partial charge on any atom is -0.465 e. The summed E-state index contributed by atoms with van der Waals surface area (Å²) >= 11 is 0.